The number of carbonyl (C=O) groups is 2. The number of nitrogens with two attached hydrogens (primary N) is 1. The van der Waals surface area contributed by atoms with Gasteiger partial charge in [0.15, 0.2) is 5.96 Å². The summed E-state index contributed by atoms with van der Waals surface area (Å²) in [6, 6.07) is 7.24. The van der Waals surface area contributed by atoms with Gasteiger partial charge < -0.3 is 21.3 Å². The summed E-state index contributed by atoms with van der Waals surface area (Å²) < 4.78 is 0. The summed E-state index contributed by atoms with van der Waals surface area (Å²) in [7, 11) is 0. The summed E-state index contributed by atoms with van der Waals surface area (Å²) in [5.41, 5.74) is 6.56. The highest BCUT2D eigenvalue weighted by Crippen LogP contribution is 2.25. The van der Waals surface area contributed by atoms with Crippen LogP contribution in [0.2, 0.25) is 0 Å². The SMILES string of the molecule is CCNC(=NCc1ccc(C(=O)NCC(N)=O)cc1)N1CCSC(C(C)C)C1.I. The molecule has 1 aliphatic rings. The summed E-state index contributed by atoms with van der Waals surface area (Å²) in [6.45, 7) is 9.83. The number of primary amides is 1. The number of guanidine groups is 1. The lowest BCUT2D eigenvalue weighted by atomic mass is 10.1. The van der Waals surface area contributed by atoms with Crippen LogP contribution in [0, 0.1) is 5.92 Å². The van der Waals surface area contributed by atoms with Crippen LogP contribution in [-0.4, -0.2) is 59.9 Å². The van der Waals surface area contributed by atoms with Crippen molar-refractivity contribution in [2.45, 2.75) is 32.6 Å². The Morgan fingerprint density at radius 3 is 2.55 bits per heavy atom. The van der Waals surface area contributed by atoms with E-state index in [1.165, 1.54) is 0 Å². The number of benzene rings is 1. The molecule has 1 heterocycles. The van der Waals surface area contributed by atoms with Crippen LogP contribution in [0.5, 0.6) is 0 Å². The Morgan fingerprint density at radius 2 is 1.97 bits per heavy atom. The standard InChI is InChI=1S/C20H31N5O2S.HI/c1-4-22-20(25-9-10-28-17(13-25)14(2)3)24-11-15-5-7-16(8-6-15)19(27)23-12-18(21)26;/h5-8,14,17H,4,9-13H2,1-3H3,(H2,21,26)(H,22,24)(H,23,27);1H. The van der Waals surface area contributed by atoms with Crippen LogP contribution in [0.3, 0.4) is 0 Å². The third-order valence-electron chi connectivity index (χ3n) is 4.52. The fourth-order valence-electron chi connectivity index (χ4n) is 2.89. The summed E-state index contributed by atoms with van der Waals surface area (Å²) in [4.78, 5) is 29.8. The molecule has 7 nitrogen and oxygen atoms in total. The number of amides is 2. The third-order valence-corrected chi connectivity index (χ3v) is 6.06. The Kier molecular flexibility index (Phi) is 11.4. The second-order valence-corrected chi connectivity index (χ2v) is 8.46. The molecule has 1 fully saturated rings. The van der Waals surface area contributed by atoms with Crippen LogP contribution < -0.4 is 16.4 Å². The number of carbonyl (C=O) groups excluding carboxylic acids is 2. The first-order chi connectivity index (χ1) is 13.4. The van der Waals surface area contributed by atoms with Crippen molar-refractivity contribution in [2.24, 2.45) is 16.6 Å². The van der Waals surface area contributed by atoms with Gasteiger partial charge in [0.25, 0.3) is 5.91 Å². The fourth-order valence-corrected chi connectivity index (χ4v) is 4.19. The van der Waals surface area contributed by atoms with E-state index in [1.54, 1.807) is 12.1 Å². The molecular formula is C20H32IN5O2S. The lowest BCUT2D eigenvalue weighted by Gasteiger charge is -2.36. The van der Waals surface area contributed by atoms with Crippen LogP contribution in [0.4, 0.5) is 0 Å². The van der Waals surface area contributed by atoms with Gasteiger partial charge in [-0.05, 0) is 30.5 Å². The number of hydrogen-bond acceptors (Lipinski definition) is 4. The number of hydrogen-bond donors (Lipinski definition) is 3. The number of halogens is 1. The molecule has 1 saturated heterocycles. The fraction of sp³-hybridized carbons (Fsp3) is 0.550. The Bertz CT molecular complexity index is 697. The van der Waals surface area contributed by atoms with Crippen molar-refractivity contribution < 1.29 is 9.59 Å². The topological polar surface area (TPSA) is 99.8 Å². The van der Waals surface area contributed by atoms with Crippen LogP contribution in [0.1, 0.15) is 36.7 Å². The predicted molar refractivity (Wildman–Crippen MR) is 131 cm³/mol. The second-order valence-electron chi connectivity index (χ2n) is 7.12. The monoisotopic (exact) mass is 533 g/mol. The minimum Gasteiger partial charge on any atom is -0.368 e. The first kappa shape index (κ1) is 25.5. The molecule has 2 rings (SSSR count). The van der Waals surface area contributed by atoms with E-state index >= 15 is 0 Å². The van der Waals surface area contributed by atoms with Crippen molar-refractivity contribution in [1.29, 1.82) is 0 Å². The zero-order chi connectivity index (χ0) is 20.5. The lowest BCUT2D eigenvalue weighted by molar-refractivity contribution is -0.117. The Morgan fingerprint density at radius 1 is 1.28 bits per heavy atom. The maximum atomic E-state index is 11.9. The maximum absolute atomic E-state index is 11.9. The van der Waals surface area contributed by atoms with Crippen molar-refractivity contribution >= 4 is 53.5 Å². The Hall–Kier alpha value is -1.49. The first-order valence-corrected chi connectivity index (χ1v) is 10.8. The summed E-state index contributed by atoms with van der Waals surface area (Å²) >= 11 is 2.04. The Balaban J connectivity index is 0.00000420. The molecule has 0 radical (unpaired) electrons. The van der Waals surface area contributed by atoms with Gasteiger partial charge in [0.2, 0.25) is 5.91 Å². The molecule has 162 valence electrons. The van der Waals surface area contributed by atoms with E-state index in [4.69, 9.17) is 10.7 Å². The molecular weight excluding hydrogens is 501 g/mol. The summed E-state index contributed by atoms with van der Waals surface area (Å²) in [5.74, 6) is 1.82. The lowest BCUT2D eigenvalue weighted by Crippen LogP contribution is -2.49. The van der Waals surface area contributed by atoms with E-state index in [0.29, 0.717) is 23.3 Å². The molecule has 4 N–H and O–H groups in total. The van der Waals surface area contributed by atoms with Crippen molar-refractivity contribution in [3.63, 3.8) is 0 Å². The first-order valence-electron chi connectivity index (χ1n) is 9.71. The molecule has 0 bridgehead atoms. The molecule has 9 heteroatoms. The van der Waals surface area contributed by atoms with Crippen molar-refractivity contribution in [1.82, 2.24) is 15.5 Å². The molecule has 0 saturated carbocycles. The maximum Gasteiger partial charge on any atom is 0.251 e. The molecule has 0 aliphatic carbocycles. The van der Waals surface area contributed by atoms with E-state index in [-0.39, 0.29) is 36.4 Å². The van der Waals surface area contributed by atoms with Crippen LogP contribution in [0.15, 0.2) is 29.3 Å². The number of nitrogens with zero attached hydrogens (tertiary/aromatic N) is 2. The van der Waals surface area contributed by atoms with E-state index in [2.05, 4.69) is 36.3 Å². The van der Waals surface area contributed by atoms with Crippen LogP contribution in [-0.2, 0) is 11.3 Å². The quantitative estimate of drug-likeness (QED) is 0.283. The zero-order valence-electron chi connectivity index (χ0n) is 17.3. The number of rotatable bonds is 7. The van der Waals surface area contributed by atoms with E-state index in [0.717, 1.165) is 36.9 Å². The van der Waals surface area contributed by atoms with E-state index in [1.807, 2.05) is 23.9 Å². The van der Waals surface area contributed by atoms with Gasteiger partial charge in [-0.1, -0.05) is 26.0 Å². The van der Waals surface area contributed by atoms with E-state index in [9.17, 15) is 9.59 Å². The number of aliphatic imine (C=N–C) groups is 1. The van der Waals surface area contributed by atoms with Crippen molar-refractivity contribution in [2.75, 3.05) is 31.9 Å². The Labute approximate surface area is 194 Å². The second kappa shape index (κ2) is 12.9. The largest absolute Gasteiger partial charge is 0.368 e. The van der Waals surface area contributed by atoms with Gasteiger partial charge in [0.05, 0.1) is 13.1 Å². The highest BCUT2D eigenvalue weighted by atomic mass is 127. The average Bonchev–Trinajstić information content (AvgIpc) is 2.69. The molecule has 0 spiro atoms. The van der Waals surface area contributed by atoms with Gasteiger partial charge in [0, 0.05) is 36.2 Å². The van der Waals surface area contributed by atoms with Crippen molar-refractivity contribution in [3.05, 3.63) is 35.4 Å². The molecule has 0 aromatic heterocycles. The van der Waals surface area contributed by atoms with Crippen molar-refractivity contribution in [3.8, 4) is 0 Å². The number of thioether (sulfide) groups is 1. The molecule has 1 unspecified atom stereocenters. The van der Waals surface area contributed by atoms with Crippen LogP contribution in [0.25, 0.3) is 0 Å². The summed E-state index contributed by atoms with van der Waals surface area (Å²) in [6.07, 6.45) is 0. The molecule has 29 heavy (non-hydrogen) atoms. The molecule has 1 aromatic carbocycles. The predicted octanol–water partition coefficient (Wildman–Crippen LogP) is 2.06. The minimum atomic E-state index is -0.564. The zero-order valence-corrected chi connectivity index (χ0v) is 20.5. The highest BCUT2D eigenvalue weighted by molar-refractivity contribution is 14.0. The highest BCUT2D eigenvalue weighted by Gasteiger charge is 2.24. The van der Waals surface area contributed by atoms with Gasteiger partial charge in [0.1, 0.15) is 0 Å². The van der Waals surface area contributed by atoms with E-state index < -0.39 is 5.91 Å². The van der Waals surface area contributed by atoms with Gasteiger partial charge in [-0.2, -0.15) is 11.8 Å². The van der Waals surface area contributed by atoms with Gasteiger partial charge in [-0.3, -0.25) is 9.59 Å². The smallest absolute Gasteiger partial charge is 0.251 e. The molecule has 2 amide bonds. The number of nitrogens with one attached hydrogen (secondary N) is 2. The average molecular weight is 533 g/mol. The molecule has 1 atom stereocenters. The molecule has 1 aromatic rings. The van der Waals surface area contributed by atoms with Crippen LogP contribution >= 0.6 is 35.7 Å². The molecule has 1 aliphatic heterocycles. The van der Waals surface area contributed by atoms with Gasteiger partial charge in [-0.15, -0.1) is 24.0 Å². The third kappa shape index (κ3) is 8.41. The summed E-state index contributed by atoms with van der Waals surface area (Å²) in [5, 5.41) is 6.50. The normalized spacial score (nSPS) is 16.9. The van der Waals surface area contributed by atoms with Gasteiger partial charge in [-0.25, -0.2) is 4.99 Å². The minimum absolute atomic E-state index is 0. The van der Waals surface area contributed by atoms with Gasteiger partial charge >= 0.3 is 0 Å².